The van der Waals surface area contributed by atoms with Gasteiger partial charge in [-0.2, -0.15) is 0 Å². The van der Waals surface area contributed by atoms with Gasteiger partial charge >= 0.3 is 0 Å². The molecule has 1 aliphatic heterocycles. The molecule has 1 heterocycles. The minimum atomic E-state index is 0.897. The Hall–Kier alpha value is -0.120. The Kier molecular flexibility index (Phi) is 5.32. The van der Waals surface area contributed by atoms with Gasteiger partial charge in [0.25, 0.3) is 0 Å². The molecule has 0 saturated carbocycles. The molecule has 1 N–H and O–H groups in total. The third kappa shape index (κ3) is 4.04. The van der Waals surface area contributed by atoms with Crippen molar-refractivity contribution in [2.24, 2.45) is 0 Å². The van der Waals surface area contributed by atoms with Gasteiger partial charge in [0.1, 0.15) is 0 Å². The smallest absolute Gasteiger partial charge is 0.0593 e. The summed E-state index contributed by atoms with van der Waals surface area (Å²) < 4.78 is 5.36. The number of hydrogen-bond donors (Lipinski definition) is 1. The van der Waals surface area contributed by atoms with Crippen LogP contribution in [0.2, 0.25) is 0 Å². The molecule has 12 heavy (non-hydrogen) atoms. The average molecular weight is 172 g/mol. The summed E-state index contributed by atoms with van der Waals surface area (Å²) in [7, 11) is 0. The molecule has 1 aliphatic rings. The molecule has 0 aromatic rings. The van der Waals surface area contributed by atoms with Gasteiger partial charge in [-0.15, -0.1) is 0 Å². The Labute approximate surface area is 75.1 Å². The van der Waals surface area contributed by atoms with E-state index >= 15 is 0 Å². The molecule has 0 amide bonds. The topological polar surface area (TPSA) is 24.5 Å². The maximum atomic E-state index is 5.36. The molecule has 0 bridgehead atoms. The van der Waals surface area contributed by atoms with Crippen molar-refractivity contribution in [1.82, 2.24) is 10.2 Å². The summed E-state index contributed by atoms with van der Waals surface area (Å²) in [5.74, 6) is 0. The van der Waals surface area contributed by atoms with Crippen molar-refractivity contribution in [3.63, 3.8) is 0 Å². The zero-order valence-electron chi connectivity index (χ0n) is 8.01. The highest BCUT2D eigenvalue weighted by atomic mass is 16.5. The predicted octanol–water partition coefficient (Wildman–Crippen LogP) is 0.666. The van der Waals surface area contributed by atoms with E-state index < -0.39 is 0 Å². The molecule has 1 fully saturated rings. The molecule has 0 aromatic heterocycles. The number of ether oxygens (including phenoxy) is 1. The Morgan fingerprint density at radius 1 is 1.33 bits per heavy atom. The van der Waals surface area contributed by atoms with Crippen molar-refractivity contribution < 1.29 is 4.74 Å². The predicted molar refractivity (Wildman–Crippen MR) is 50.2 cm³/mol. The average Bonchev–Trinajstić information content (AvgIpc) is 2.33. The molecule has 72 valence electrons. The monoisotopic (exact) mass is 172 g/mol. The van der Waals surface area contributed by atoms with Gasteiger partial charge < -0.3 is 10.1 Å². The normalized spacial score (nSPS) is 20.8. The van der Waals surface area contributed by atoms with Gasteiger partial charge in [-0.25, -0.2) is 0 Å². The number of nitrogens with one attached hydrogen (secondary N) is 1. The maximum absolute atomic E-state index is 5.36. The first kappa shape index (κ1) is 9.96. The van der Waals surface area contributed by atoms with Gasteiger partial charge in [0.2, 0.25) is 0 Å². The molecule has 0 aromatic carbocycles. The van der Waals surface area contributed by atoms with Crippen molar-refractivity contribution in [2.75, 3.05) is 39.5 Å². The second-order valence-corrected chi connectivity index (χ2v) is 3.24. The summed E-state index contributed by atoms with van der Waals surface area (Å²) >= 11 is 0. The fourth-order valence-corrected chi connectivity index (χ4v) is 1.37. The first-order chi connectivity index (χ1) is 5.93. The quantitative estimate of drug-likeness (QED) is 0.631. The fraction of sp³-hybridized carbons (Fsp3) is 1.00. The molecule has 3 heteroatoms. The highest BCUT2D eigenvalue weighted by Crippen LogP contribution is 1.96. The van der Waals surface area contributed by atoms with E-state index in [0.717, 1.165) is 33.0 Å². The third-order valence-electron chi connectivity index (χ3n) is 2.08. The lowest BCUT2D eigenvalue weighted by Gasteiger charge is -2.19. The first-order valence-electron chi connectivity index (χ1n) is 4.94. The van der Waals surface area contributed by atoms with Crippen LogP contribution in [0.1, 0.15) is 19.8 Å². The van der Waals surface area contributed by atoms with Gasteiger partial charge in [-0.1, -0.05) is 6.92 Å². The van der Waals surface area contributed by atoms with Crippen LogP contribution >= 0.6 is 0 Å². The van der Waals surface area contributed by atoms with E-state index in [9.17, 15) is 0 Å². The van der Waals surface area contributed by atoms with Crippen LogP contribution < -0.4 is 5.32 Å². The van der Waals surface area contributed by atoms with Crippen LogP contribution in [0.15, 0.2) is 0 Å². The van der Waals surface area contributed by atoms with Gasteiger partial charge in [0.15, 0.2) is 0 Å². The summed E-state index contributed by atoms with van der Waals surface area (Å²) in [6, 6.07) is 0. The van der Waals surface area contributed by atoms with Crippen LogP contribution in [-0.4, -0.2) is 44.4 Å². The van der Waals surface area contributed by atoms with Crippen LogP contribution in [0.3, 0.4) is 0 Å². The summed E-state index contributed by atoms with van der Waals surface area (Å²) in [6.45, 7) is 8.43. The van der Waals surface area contributed by atoms with Crippen molar-refractivity contribution in [3.8, 4) is 0 Å². The molecular weight excluding hydrogens is 152 g/mol. The molecule has 0 spiro atoms. The van der Waals surface area contributed by atoms with Gasteiger partial charge in [-0.3, -0.25) is 4.90 Å². The zero-order valence-corrected chi connectivity index (χ0v) is 8.01. The summed E-state index contributed by atoms with van der Waals surface area (Å²) in [6.07, 6.45) is 2.39. The van der Waals surface area contributed by atoms with Crippen LogP contribution in [-0.2, 0) is 4.74 Å². The van der Waals surface area contributed by atoms with Crippen LogP contribution in [0.25, 0.3) is 0 Å². The van der Waals surface area contributed by atoms with E-state index in [0.29, 0.717) is 0 Å². The fourth-order valence-electron chi connectivity index (χ4n) is 1.37. The summed E-state index contributed by atoms with van der Waals surface area (Å²) in [4.78, 5) is 2.42. The highest BCUT2D eigenvalue weighted by molar-refractivity contribution is 4.59. The SMILES string of the molecule is CCCNCN1CCCOCC1. The Morgan fingerprint density at radius 2 is 2.25 bits per heavy atom. The minimum Gasteiger partial charge on any atom is -0.380 e. The molecule has 1 saturated heterocycles. The number of hydrogen-bond acceptors (Lipinski definition) is 3. The van der Waals surface area contributed by atoms with E-state index in [1.165, 1.54) is 19.4 Å². The van der Waals surface area contributed by atoms with Gasteiger partial charge in [-0.05, 0) is 19.4 Å². The van der Waals surface area contributed by atoms with Gasteiger partial charge in [0.05, 0.1) is 6.61 Å². The van der Waals surface area contributed by atoms with Crippen molar-refractivity contribution in [2.45, 2.75) is 19.8 Å². The third-order valence-corrected chi connectivity index (χ3v) is 2.08. The summed E-state index contributed by atoms with van der Waals surface area (Å²) in [5, 5.41) is 3.40. The second kappa shape index (κ2) is 6.40. The van der Waals surface area contributed by atoms with Crippen molar-refractivity contribution in [3.05, 3.63) is 0 Å². The molecule has 0 unspecified atom stereocenters. The number of nitrogens with zero attached hydrogens (tertiary/aromatic N) is 1. The first-order valence-corrected chi connectivity index (χ1v) is 4.94. The number of rotatable bonds is 4. The Balaban J connectivity index is 2.04. The Bertz CT molecular complexity index is 101. The molecule has 3 nitrogen and oxygen atoms in total. The zero-order chi connectivity index (χ0) is 8.65. The Morgan fingerprint density at radius 3 is 3.08 bits per heavy atom. The van der Waals surface area contributed by atoms with Gasteiger partial charge in [0, 0.05) is 26.4 Å². The molecule has 0 radical (unpaired) electrons. The van der Waals surface area contributed by atoms with Crippen molar-refractivity contribution >= 4 is 0 Å². The molecule has 1 rings (SSSR count). The lowest BCUT2D eigenvalue weighted by Crippen LogP contribution is -2.36. The van der Waals surface area contributed by atoms with Crippen molar-refractivity contribution in [1.29, 1.82) is 0 Å². The van der Waals surface area contributed by atoms with Crippen LogP contribution in [0, 0.1) is 0 Å². The second-order valence-electron chi connectivity index (χ2n) is 3.24. The maximum Gasteiger partial charge on any atom is 0.0593 e. The van der Waals surface area contributed by atoms with E-state index in [1.807, 2.05) is 0 Å². The van der Waals surface area contributed by atoms with Crippen LogP contribution in [0.4, 0.5) is 0 Å². The molecule has 0 aliphatic carbocycles. The lowest BCUT2D eigenvalue weighted by atomic mass is 10.4. The van der Waals surface area contributed by atoms with E-state index in [2.05, 4.69) is 17.1 Å². The van der Waals surface area contributed by atoms with E-state index in [-0.39, 0.29) is 0 Å². The van der Waals surface area contributed by atoms with E-state index in [1.54, 1.807) is 0 Å². The minimum absolute atomic E-state index is 0.897. The van der Waals surface area contributed by atoms with E-state index in [4.69, 9.17) is 4.74 Å². The lowest BCUT2D eigenvalue weighted by molar-refractivity contribution is 0.140. The highest BCUT2D eigenvalue weighted by Gasteiger charge is 2.07. The molecular formula is C9H20N2O. The largest absolute Gasteiger partial charge is 0.380 e. The van der Waals surface area contributed by atoms with Crippen LogP contribution in [0.5, 0.6) is 0 Å². The molecule has 0 atom stereocenters. The summed E-state index contributed by atoms with van der Waals surface area (Å²) in [5.41, 5.74) is 0. The standard InChI is InChI=1S/C9H20N2O/c1-2-4-10-9-11-5-3-7-12-8-6-11/h10H,2-9H2,1H3.